The van der Waals surface area contributed by atoms with E-state index in [9.17, 15) is 9.59 Å². The lowest BCUT2D eigenvalue weighted by atomic mass is 10.1. The second kappa shape index (κ2) is 9.52. The van der Waals surface area contributed by atoms with Crippen molar-refractivity contribution in [2.45, 2.75) is 19.9 Å². The minimum Gasteiger partial charge on any atom is -0.346 e. The number of nitrogens with one attached hydrogen (secondary N) is 1. The second-order valence-corrected chi connectivity index (χ2v) is 7.00. The van der Waals surface area contributed by atoms with Crippen LogP contribution >= 0.6 is 0 Å². The number of para-hydroxylation sites is 1. The average Bonchev–Trinajstić information content (AvgIpc) is 3.08. The van der Waals surface area contributed by atoms with Gasteiger partial charge in [-0.1, -0.05) is 18.2 Å². The van der Waals surface area contributed by atoms with Gasteiger partial charge in [-0.15, -0.1) is 0 Å². The Morgan fingerprint density at radius 2 is 2.10 bits per heavy atom. The lowest BCUT2D eigenvalue weighted by Crippen LogP contribution is -2.34. The number of fused-ring (bicyclic) bond motifs is 1. The lowest BCUT2D eigenvalue weighted by molar-refractivity contribution is -0.129. The molecule has 3 rings (SSSR count). The van der Waals surface area contributed by atoms with E-state index in [1.54, 1.807) is 25.4 Å². The fourth-order valence-electron chi connectivity index (χ4n) is 3.13. The molecule has 30 heavy (non-hydrogen) atoms. The van der Waals surface area contributed by atoms with Crippen molar-refractivity contribution in [3.05, 3.63) is 66.0 Å². The van der Waals surface area contributed by atoms with Gasteiger partial charge in [-0.3, -0.25) is 9.59 Å². The molecule has 0 spiro atoms. The number of amides is 2. The smallest absolute Gasteiger partial charge is 0.246 e. The minimum absolute atomic E-state index is 0.0806. The van der Waals surface area contributed by atoms with Gasteiger partial charge in [-0.25, -0.2) is 4.98 Å². The summed E-state index contributed by atoms with van der Waals surface area (Å²) in [5.74, 6) is -0.136. The molecule has 0 radical (unpaired) electrons. The fraction of sp³-hybridized carbons (Fsp3) is 0.217. The molecule has 0 unspecified atom stereocenters. The van der Waals surface area contributed by atoms with E-state index < -0.39 is 0 Å². The van der Waals surface area contributed by atoms with Gasteiger partial charge in [0.1, 0.15) is 5.82 Å². The van der Waals surface area contributed by atoms with Crippen LogP contribution in [-0.4, -0.2) is 39.9 Å². The first-order valence-corrected chi connectivity index (χ1v) is 9.58. The number of aryl methyl sites for hydroxylation is 2. The number of aromatic nitrogens is 2. The molecule has 2 amide bonds. The number of carbonyl (C=O) groups excluding carboxylic acids is 2. The van der Waals surface area contributed by atoms with Gasteiger partial charge in [0.15, 0.2) is 0 Å². The third-order valence-corrected chi connectivity index (χ3v) is 4.63. The molecule has 3 aromatic rings. The predicted molar refractivity (Wildman–Crippen MR) is 116 cm³/mol. The minimum atomic E-state index is -0.314. The van der Waals surface area contributed by atoms with E-state index in [0.29, 0.717) is 18.8 Å². The van der Waals surface area contributed by atoms with Gasteiger partial charge in [-0.05, 0) is 36.8 Å². The van der Waals surface area contributed by atoms with E-state index in [-0.39, 0.29) is 18.4 Å². The van der Waals surface area contributed by atoms with Crippen molar-refractivity contribution in [2.24, 2.45) is 0 Å². The summed E-state index contributed by atoms with van der Waals surface area (Å²) in [6, 6.07) is 13.6. The predicted octanol–water partition coefficient (Wildman–Crippen LogP) is 3.37. The topological polar surface area (TPSA) is 91.0 Å². The summed E-state index contributed by atoms with van der Waals surface area (Å²) in [7, 11) is 1.58. The molecule has 7 nitrogen and oxygen atoms in total. The highest BCUT2D eigenvalue weighted by Crippen LogP contribution is 2.23. The summed E-state index contributed by atoms with van der Waals surface area (Å²) in [5, 5.41) is 12.6. The zero-order valence-corrected chi connectivity index (χ0v) is 17.0. The molecule has 1 aromatic carbocycles. The van der Waals surface area contributed by atoms with Crippen molar-refractivity contribution in [2.75, 3.05) is 18.9 Å². The summed E-state index contributed by atoms with van der Waals surface area (Å²) in [4.78, 5) is 30.1. The summed E-state index contributed by atoms with van der Waals surface area (Å²) in [6.45, 7) is 2.42. The zero-order chi connectivity index (χ0) is 21.5. The molecule has 2 heterocycles. The zero-order valence-electron chi connectivity index (χ0n) is 17.0. The molecule has 0 aliphatic heterocycles. The van der Waals surface area contributed by atoms with Crippen molar-refractivity contribution < 1.29 is 9.59 Å². The van der Waals surface area contributed by atoms with Crippen LogP contribution in [-0.2, 0) is 16.1 Å². The molecule has 2 aromatic heterocycles. The van der Waals surface area contributed by atoms with E-state index >= 15 is 0 Å². The Kier molecular flexibility index (Phi) is 6.60. The van der Waals surface area contributed by atoms with Crippen LogP contribution in [0.15, 0.2) is 54.9 Å². The summed E-state index contributed by atoms with van der Waals surface area (Å²) in [5.41, 5.74) is 2.89. The van der Waals surface area contributed by atoms with Gasteiger partial charge in [-0.2, -0.15) is 5.26 Å². The monoisotopic (exact) mass is 401 g/mol. The van der Waals surface area contributed by atoms with Crippen molar-refractivity contribution in [1.29, 1.82) is 5.26 Å². The maximum Gasteiger partial charge on any atom is 0.246 e. The summed E-state index contributed by atoms with van der Waals surface area (Å²) in [6.07, 6.45) is 7.16. The molecule has 0 bridgehead atoms. The maximum absolute atomic E-state index is 12.5. The highest BCUT2D eigenvalue weighted by atomic mass is 16.2. The first-order valence-electron chi connectivity index (χ1n) is 9.58. The van der Waals surface area contributed by atoms with Crippen molar-refractivity contribution in [1.82, 2.24) is 14.5 Å². The molecule has 152 valence electrons. The quantitative estimate of drug-likeness (QED) is 0.615. The number of anilines is 1. The van der Waals surface area contributed by atoms with E-state index in [2.05, 4.69) is 16.4 Å². The Labute approximate surface area is 175 Å². The number of likely N-dealkylation sites (N-methyl/N-ethyl adjacent to an activating group) is 1. The van der Waals surface area contributed by atoms with Gasteiger partial charge < -0.3 is 14.8 Å². The molecule has 0 saturated heterocycles. The molecule has 1 N–H and O–H groups in total. The van der Waals surface area contributed by atoms with Gasteiger partial charge >= 0.3 is 0 Å². The first-order chi connectivity index (χ1) is 14.5. The van der Waals surface area contributed by atoms with Crippen LogP contribution in [0.5, 0.6) is 0 Å². The van der Waals surface area contributed by atoms with Crippen LogP contribution in [0.3, 0.4) is 0 Å². The lowest BCUT2D eigenvalue weighted by Gasteiger charge is -2.14. The Morgan fingerprint density at radius 1 is 1.30 bits per heavy atom. The average molecular weight is 401 g/mol. The Bertz CT molecular complexity index is 1140. The number of nitriles is 1. The summed E-state index contributed by atoms with van der Waals surface area (Å²) >= 11 is 0. The van der Waals surface area contributed by atoms with Crippen molar-refractivity contribution in [3.8, 4) is 6.07 Å². The first kappa shape index (κ1) is 20.8. The van der Waals surface area contributed by atoms with Crippen LogP contribution < -0.4 is 5.32 Å². The molecule has 0 aliphatic rings. The number of carbonyl (C=O) groups is 2. The number of benzene rings is 1. The second-order valence-electron chi connectivity index (χ2n) is 7.00. The van der Waals surface area contributed by atoms with Crippen LogP contribution in [0.25, 0.3) is 17.0 Å². The van der Waals surface area contributed by atoms with Crippen molar-refractivity contribution >= 4 is 34.6 Å². The largest absolute Gasteiger partial charge is 0.346 e. The van der Waals surface area contributed by atoms with Crippen LogP contribution in [0.2, 0.25) is 0 Å². The molecule has 0 fully saturated rings. The highest BCUT2D eigenvalue weighted by molar-refractivity contribution is 5.99. The Hall–Kier alpha value is -3.92. The molecular formula is C23H23N5O2. The van der Waals surface area contributed by atoms with Crippen LogP contribution in [0.4, 0.5) is 5.82 Å². The number of nitrogens with zero attached hydrogens (tertiary/aromatic N) is 4. The number of rotatable bonds is 7. The van der Waals surface area contributed by atoms with Crippen LogP contribution in [0.1, 0.15) is 17.5 Å². The molecule has 0 atom stereocenters. The van der Waals surface area contributed by atoms with E-state index in [1.165, 1.54) is 11.0 Å². The summed E-state index contributed by atoms with van der Waals surface area (Å²) < 4.78 is 2.01. The normalized spacial score (nSPS) is 10.8. The molecule has 7 heteroatoms. The fourth-order valence-corrected chi connectivity index (χ4v) is 3.13. The molecule has 0 aliphatic carbocycles. The molecule has 0 saturated carbocycles. The van der Waals surface area contributed by atoms with E-state index in [1.807, 2.05) is 48.0 Å². The standard InChI is InChI=1S/C23H23N5O2/c1-17-10-12-25-21(14-17)26-22(29)16-27(2)23(30)9-8-18-15-28(13-5-11-24)20-7-4-3-6-19(18)20/h3-4,6-10,12,14-15H,5,13,16H2,1-2H3,(H,25,26,29)/b9-8+. The number of hydrogen-bond donors (Lipinski definition) is 1. The third kappa shape index (κ3) is 5.11. The van der Waals surface area contributed by atoms with Crippen molar-refractivity contribution in [3.63, 3.8) is 0 Å². The Balaban J connectivity index is 1.66. The van der Waals surface area contributed by atoms with Gasteiger partial charge in [0.2, 0.25) is 11.8 Å². The van der Waals surface area contributed by atoms with Gasteiger partial charge in [0.25, 0.3) is 0 Å². The van der Waals surface area contributed by atoms with Gasteiger partial charge in [0, 0.05) is 48.5 Å². The maximum atomic E-state index is 12.5. The van der Waals surface area contributed by atoms with E-state index in [4.69, 9.17) is 5.26 Å². The number of pyridine rings is 1. The molecular weight excluding hydrogens is 378 g/mol. The SMILES string of the molecule is Cc1ccnc(NC(=O)CN(C)C(=O)/C=C/c2cn(CCC#N)c3ccccc23)c1. The van der Waals surface area contributed by atoms with Gasteiger partial charge in [0.05, 0.1) is 19.0 Å². The third-order valence-electron chi connectivity index (χ3n) is 4.63. The highest BCUT2D eigenvalue weighted by Gasteiger charge is 2.12. The number of hydrogen-bond acceptors (Lipinski definition) is 4. The van der Waals surface area contributed by atoms with E-state index in [0.717, 1.165) is 22.0 Å². The Morgan fingerprint density at radius 3 is 2.87 bits per heavy atom. The van der Waals surface area contributed by atoms with Crippen LogP contribution in [0, 0.1) is 18.3 Å².